The Balaban J connectivity index is 1.65. The van der Waals surface area contributed by atoms with Crippen molar-refractivity contribution in [3.8, 4) is 0 Å². The zero-order valence-electron chi connectivity index (χ0n) is 15.2. The van der Waals surface area contributed by atoms with Crippen molar-refractivity contribution in [1.82, 2.24) is 15.1 Å². The maximum Gasteiger partial charge on any atom is 0.222 e. The summed E-state index contributed by atoms with van der Waals surface area (Å²) < 4.78 is 0. The highest BCUT2D eigenvalue weighted by molar-refractivity contribution is 5.79. The van der Waals surface area contributed by atoms with E-state index in [0.717, 1.165) is 13.0 Å². The number of likely N-dealkylation sites (N-methyl/N-ethyl adjacent to an activating group) is 1. The average Bonchev–Trinajstić information content (AvgIpc) is 2.59. The Kier molecular flexibility index (Phi) is 7.40. The summed E-state index contributed by atoms with van der Waals surface area (Å²) in [6.07, 6.45) is 1.55. The third-order valence-corrected chi connectivity index (χ3v) is 4.39. The van der Waals surface area contributed by atoms with Gasteiger partial charge in [0.25, 0.3) is 0 Å². The highest BCUT2D eigenvalue weighted by Gasteiger charge is 2.20. The molecule has 0 spiro atoms. The van der Waals surface area contributed by atoms with Crippen molar-refractivity contribution in [3.05, 3.63) is 35.4 Å². The van der Waals surface area contributed by atoms with Crippen molar-refractivity contribution in [1.29, 1.82) is 0 Å². The lowest BCUT2D eigenvalue weighted by atomic mass is 9.99. The number of aliphatic hydroxyl groups is 1. The molecule has 25 heavy (non-hydrogen) atoms. The van der Waals surface area contributed by atoms with Gasteiger partial charge in [0, 0.05) is 39.0 Å². The lowest BCUT2D eigenvalue weighted by molar-refractivity contribution is -0.132. The van der Waals surface area contributed by atoms with Crippen molar-refractivity contribution >= 4 is 11.8 Å². The first-order valence-corrected chi connectivity index (χ1v) is 8.89. The van der Waals surface area contributed by atoms with Crippen LogP contribution >= 0.6 is 0 Å². The minimum absolute atomic E-state index is 0.106. The Morgan fingerprint density at radius 3 is 2.68 bits per heavy atom. The molecule has 6 heteroatoms. The molecule has 2 rings (SSSR count). The fraction of sp³-hybridized carbons (Fsp3) is 0.579. The molecule has 0 fully saturated rings. The topological polar surface area (TPSA) is 72.9 Å². The maximum atomic E-state index is 12.3. The van der Waals surface area contributed by atoms with Gasteiger partial charge in [-0.3, -0.25) is 9.59 Å². The Morgan fingerprint density at radius 1 is 1.24 bits per heavy atom. The number of aliphatic hydroxyl groups excluding tert-OH is 1. The first-order chi connectivity index (χ1) is 12.0. The minimum Gasteiger partial charge on any atom is -0.390 e. The van der Waals surface area contributed by atoms with Crippen LogP contribution in [0.1, 0.15) is 30.4 Å². The van der Waals surface area contributed by atoms with Crippen LogP contribution in [0.5, 0.6) is 0 Å². The standard InChI is InChI=1S/C19H29N3O3/c1-21(2)14-17(23)12-20-18(24)8-5-9-19(25)22-11-10-15-6-3-4-7-16(15)13-22/h3-4,6-7,17,23H,5,8-14H2,1-2H3,(H,20,24). The second kappa shape index (κ2) is 9.53. The number of rotatable bonds is 8. The van der Waals surface area contributed by atoms with Crippen LogP contribution in [0.25, 0.3) is 0 Å². The largest absolute Gasteiger partial charge is 0.390 e. The Hall–Kier alpha value is -1.92. The van der Waals surface area contributed by atoms with E-state index in [4.69, 9.17) is 0 Å². The van der Waals surface area contributed by atoms with Gasteiger partial charge in [-0.25, -0.2) is 0 Å². The monoisotopic (exact) mass is 347 g/mol. The SMILES string of the molecule is CN(C)CC(O)CNC(=O)CCCC(=O)N1CCc2ccccc2C1. The number of carbonyl (C=O) groups excluding carboxylic acids is 2. The third-order valence-electron chi connectivity index (χ3n) is 4.39. The summed E-state index contributed by atoms with van der Waals surface area (Å²) in [7, 11) is 3.74. The van der Waals surface area contributed by atoms with Crippen molar-refractivity contribution in [2.45, 2.75) is 38.3 Å². The molecular formula is C19H29N3O3. The fourth-order valence-electron chi connectivity index (χ4n) is 3.07. The number of amides is 2. The molecule has 0 aliphatic carbocycles. The number of nitrogens with one attached hydrogen (secondary N) is 1. The van der Waals surface area contributed by atoms with Crippen LogP contribution in [0.15, 0.2) is 24.3 Å². The van der Waals surface area contributed by atoms with E-state index < -0.39 is 6.10 Å². The quantitative estimate of drug-likeness (QED) is 0.729. The zero-order chi connectivity index (χ0) is 18.2. The number of fused-ring (bicyclic) bond motifs is 1. The third kappa shape index (κ3) is 6.48. The number of hydrogen-bond acceptors (Lipinski definition) is 4. The van der Waals surface area contributed by atoms with E-state index in [0.29, 0.717) is 32.4 Å². The van der Waals surface area contributed by atoms with Gasteiger partial charge in [-0.15, -0.1) is 0 Å². The molecular weight excluding hydrogens is 318 g/mol. The molecule has 1 unspecified atom stereocenters. The molecule has 1 aliphatic heterocycles. The molecule has 1 heterocycles. The molecule has 0 radical (unpaired) electrons. The zero-order valence-corrected chi connectivity index (χ0v) is 15.2. The smallest absolute Gasteiger partial charge is 0.222 e. The molecule has 0 bridgehead atoms. The first-order valence-electron chi connectivity index (χ1n) is 8.89. The normalized spacial score (nSPS) is 15.0. The number of benzene rings is 1. The summed E-state index contributed by atoms with van der Waals surface area (Å²) in [5.74, 6) is -0.00968. The second-order valence-corrected chi connectivity index (χ2v) is 6.91. The van der Waals surface area contributed by atoms with Crippen LogP contribution in [0, 0.1) is 0 Å². The maximum absolute atomic E-state index is 12.3. The number of nitrogens with zero attached hydrogens (tertiary/aromatic N) is 2. The molecule has 1 atom stereocenters. The van der Waals surface area contributed by atoms with Crippen LogP contribution in [-0.2, 0) is 22.6 Å². The van der Waals surface area contributed by atoms with Crippen LogP contribution in [-0.4, -0.2) is 66.6 Å². The van der Waals surface area contributed by atoms with E-state index in [-0.39, 0.29) is 18.4 Å². The fourth-order valence-corrected chi connectivity index (χ4v) is 3.07. The second-order valence-electron chi connectivity index (χ2n) is 6.91. The molecule has 138 valence electrons. The highest BCUT2D eigenvalue weighted by atomic mass is 16.3. The van der Waals surface area contributed by atoms with Crippen LogP contribution in [0.3, 0.4) is 0 Å². The molecule has 1 aromatic carbocycles. The lowest BCUT2D eigenvalue weighted by Crippen LogP contribution is -2.38. The van der Waals surface area contributed by atoms with Crippen molar-refractivity contribution < 1.29 is 14.7 Å². The van der Waals surface area contributed by atoms with E-state index in [1.54, 1.807) is 0 Å². The van der Waals surface area contributed by atoms with E-state index >= 15 is 0 Å². The molecule has 2 amide bonds. The Morgan fingerprint density at radius 2 is 1.96 bits per heavy atom. The van der Waals surface area contributed by atoms with Crippen molar-refractivity contribution in [2.24, 2.45) is 0 Å². The summed E-state index contributed by atoms with van der Waals surface area (Å²) >= 11 is 0. The first kappa shape index (κ1) is 19.4. The Labute approximate surface area is 149 Å². The van der Waals surface area contributed by atoms with Gasteiger partial charge in [0.1, 0.15) is 0 Å². The van der Waals surface area contributed by atoms with Gasteiger partial charge in [-0.1, -0.05) is 24.3 Å². The number of hydrogen-bond donors (Lipinski definition) is 2. The molecule has 6 nitrogen and oxygen atoms in total. The van der Waals surface area contributed by atoms with Gasteiger partial charge in [0.2, 0.25) is 11.8 Å². The lowest BCUT2D eigenvalue weighted by Gasteiger charge is -2.29. The van der Waals surface area contributed by atoms with Gasteiger partial charge in [-0.05, 0) is 38.1 Å². The van der Waals surface area contributed by atoms with Gasteiger partial charge in [0.15, 0.2) is 0 Å². The molecule has 1 aliphatic rings. The van der Waals surface area contributed by atoms with Crippen LogP contribution < -0.4 is 5.32 Å². The average molecular weight is 347 g/mol. The van der Waals surface area contributed by atoms with Gasteiger partial charge >= 0.3 is 0 Å². The summed E-state index contributed by atoms with van der Waals surface area (Å²) in [5.41, 5.74) is 2.54. The molecule has 0 aromatic heterocycles. The summed E-state index contributed by atoms with van der Waals surface area (Å²) in [4.78, 5) is 27.9. The summed E-state index contributed by atoms with van der Waals surface area (Å²) in [6, 6.07) is 8.22. The van der Waals surface area contributed by atoms with Gasteiger partial charge in [0.05, 0.1) is 6.10 Å². The molecule has 1 aromatic rings. The Bertz CT molecular complexity index is 589. The molecule has 0 saturated carbocycles. The van der Waals surface area contributed by atoms with Gasteiger partial charge < -0.3 is 20.2 Å². The van der Waals surface area contributed by atoms with Crippen LogP contribution in [0.2, 0.25) is 0 Å². The minimum atomic E-state index is -0.575. The van der Waals surface area contributed by atoms with E-state index in [9.17, 15) is 14.7 Å². The molecule has 2 N–H and O–H groups in total. The molecule has 0 saturated heterocycles. The predicted octanol–water partition coefficient (Wildman–Crippen LogP) is 0.780. The van der Waals surface area contributed by atoms with Crippen molar-refractivity contribution in [3.63, 3.8) is 0 Å². The number of carbonyl (C=O) groups is 2. The van der Waals surface area contributed by atoms with Crippen LogP contribution in [0.4, 0.5) is 0 Å². The highest BCUT2D eigenvalue weighted by Crippen LogP contribution is 2.19. The summed E-state index contributed by atoms with van der Waals surface area (Å²) in [6.45, 7) is 2.17. The summed E-state index contributed by atoms with van der Waals surface area (Å²) in [5, 5.41) is 12.4. The predicted molar refractivity (Wildman–Crippen MR) is 97.0 cm³/mol. The van der Waals surface area contributed by atoms with E-state index in [1.807, 2.05) is 36.0 Å². The van der Waals surface area contributed by atoms with E-state index in [2.05, 4.69) is 17.4 Å². The van der Waals surface area contributed by atoms with Crippen molar-refractivity contribution in [2.75, 3.05) is 33.7 Å². The van der Waals surface area contributed by atoms with Gasteiger partial charge in [-0.2, -0.15) is 0 Å². The van der Waals surface area contributed by atoms with E-state index in [1.165, 1.54) is 11.1 Å².